The summed E-state index contributed by atoms with van der Waals surface area (Å²) in [5.74, 6) is 0.0317. The van der Waals surface area contributed by atoms with Crippen molar-refractivity contribution in [3.8, 4) is 6.07 Å². The summed E-state index contributed by atoms with van der Waals surface area (Å²) in [4.78, 5) is 13.8. The molecule has 0 aromatic heterocycles. The lowest BCUT2D eigenvalue weighted by molar-refractivity contribution is -0.132. The molecular formula is C13H15N3O. The minimum absolute atomic E-state index is 0.0317. The monoisotopic (exact) mass is 229 g/mol. The second-order valence-corrected chi connectivity index (χ2v) is 4.10. The zero-order chi connectivity index (χ0) is 12.1. The van der Waals surface area contributed by atoms with Crippen LogP contribution >= 0.6 is 0 Å². The van der Waals surface area contributed by atoms with Crippen LogP contribution in [0.4, 0.5) is 0 Å². The van der Waals surface area contributed by atoms with Crippen LogP contribution in [0.25, 0.3) is 0 Å². The summed E-state index contributed by atoms with van der Waals surface area (Å²) in [6, 6.07) is 11.5. The molecule has 1 fully saturated rings. The molecule has 4 heteroatoms. The van der Waals surface area contributed by atoms with Gasteiger partial charge in [-0.05, 0) is 5.56 Å². The average molecular weight is 229 g/mol. The predicted molar refractivity (Wildman–Crippen MR) is 64.1 cm³/mol. The molecule has 0 saturated carbocycles. The molecule has 1 unspecified atom stereocenters. The van der Waals surface area contributed by atoms with Crippen LogP contribution in [0.3, 0.4) is 0 Å². The van der Waals surface area contributed by atoms with Crippen LogP contribution in [0.1, 0.15) is 5.56 Å². The van der Waals surface area contributed by atoms with E-state index in [0.29, 0.717) is 19.5 Å². The van der Waals surface area contributed by atoms with Gasteiger partial charge in [0.2, 0.25) is 5.91 Å². The Morgan fingerprint density at radius 2 is 2.24 bits per heavy atom. The van der Waals surface area contributed by atoms with Gasteiger partial charge in [0.1, 0.15) is 6.04 Å². The zero-order valence-corrected chi connectivity index (χ0v) is 9.60. The summed E-state index contributed by atoms with van der Waals surface area (Å²) in [6.45, 7) is 1.94. The Balaban J connectivity index is 2.02. The fraction of sp³-hybridized carbons (Fsp3) is 0.385. The van der Waals surface area contributed by atoms with Crippen LogP contribution in [-0.4, -0.2) is 36.5 Å². The number of hydrogen-bond acceptors (Lipinski definition) is 3. The lowest BCUT2D eigenvalue weighted by atomic mass is 10.1. The molecular weight excluding hydrogens is 214 g/mol. The number of nitriles is 1. The minimum atomic E-state index is -0.333. The van der Waals surface area contributed by atoms with E-state index in [0.717, 1.165) is 12.1 Å². The Morgan fingerprint density at radius 1 is 1.47 bits per heavy atom. The quantitative estimate of drug-likeness (QED) is 0.806. The number of rotatable bonds is 2. The standard InChI is InChI=1S/C13H15N3O/c14-9-12-10-15-6-7-16(12)13(17)8-11-4-2-1-3-5-11/h1-5,12,15H,6-8,10H2. The van der Waals surface area contributed by atoms with E-state index in [-0.39, 0.29) is 11.9 Å². The predicted octanol–water partition coefficient (Wildman–Crippen LogP) is 0.553. The van der Waals surface area contributed by atoms with Crippen molar-refractivity contribution in [3.63, 3.8) is 0 Å². The summed E-state index contributed by atoms with van der Waals surface area (Å²) >= 11 is 0. The maximum atomic E-state index is 12.1. The van der Waals surface area contributed by atoms with Crippen LogP contribution in [0.15, 0.2) is 30.3 Å². The molecule has 1 aromatic carbocycles. The highest BCUT2D eigenvalue weighted by Gasteiger charge is 2.25. The molecule has 2 rings (SSSR count). The second-order valence-electron chi connectivity index (χ2n) is 4.10. The molecule has 1 atom stereocenters. The molecule has 1 aliphatic rings. The van der Waals surface area contributed by atoms with Gasteiger partial charge in [0.25, 0.3) is 0 Å². The van der Waals surface area contributed by atoms with E-state index in [2.05, 4.69) is 11.4 Å². The number of nitrogens with zero attached hydrogens (tertiary/aromatic N) is 2. The fourth-order valence-electron chi connectivity index (χ4n) is 1.99. The Morgan fingerprint density at radius 3 is 2.94 bits per heavy atom. The second kappa shape index (κ2) is 5.46. The van der Waals surface area contributed by atoms with Crippen molar-refractivity contribution in [2.75, 3.05) is 19.6 Å². The summed E-state index contributed by atoms with van der Waals surface area (Å²) in [5, 5.41) is 12.1. The highest BCUT2D eigenvalue weighted by Crippen LogP contribution is 2.07. The van der Waals surface area contributed by atoms with Crippen LogP contribution in [0.2, 0.25) is 0 Å². The lowest BCUT2D eigenvalue weighted by Gasteiger charge is -2.32. The smallest absolute Gasteiger partial charge is 0.228 e. The third-order valence-corrected chi connectivity index (χ3v) is 2.91. The summed E-state index contributed by atoms with van der Waals surface area (Å²) in [7, 11) is 0. The first-order chi connectivity index (χ1) is 8.31. The van der Waals surface area contributed by atoms with Gasteiger partial charge >= 0.3 is 0 Å². The fourth-order valence-corrected chi connectivity index (χ4v) is 1.99. The van der Waals surface area contributed by atoms with Crippen LogP contribution in [-0.2, 0) is 11.2 Å². The van der Waals surface area contributed by atoms with Crippen molar-refractivity contribution in [2.24, 2.45) is 0 Å². The van der Waals surface area contributed by atoms with E-state index in [1.165, 1.54) is 0 Å². The summed E-state index contributed by atoms with van der Waals surface area (Å²) in [5.41, 5.74) is 0.993. The molecule has 0 spiro atoms. The van der Waals surface area contributed by atoms with Crippen molar-refractivity contribution < 1.29 is 4.79 Å². The van der Waals surface area contributed by atoms with Gasteiger partial charge < -0.3 is 10.2 Å². The Kier molecular flexibility index (Phi) is 3.73. The van der Waals surface area contributed by atoms with E-state index in [4.69, 9.17) is 5.26 Å². The number of piperazine rings is 1. The molecule has 88 valence electrons. The maximum Gasteiger partial charge on any atom is 0.228 e. The van der Waals surface area contributed by atoms with Gasteiger partial charge in [0, 0.05) is 19.6 Å². The maximum absolute atomic E-state index is 12.1. The van der Waals surface area contributed by atoms with Crippen molar-refractivity contribution in [1.82, 2.24) is 10.2 Å². The normalized spacial score (nSPS) is 19.7. The first-order valence-electron chi connectivity index (χ1n) is 5.75. The zero-order valence-electron chi connectivity index (χ0n) is 9.60. The van der Waals surface area contributed by atoms with Gasteiger partial charge in [-0.3, -0.25) is 4.79 Å². The largest absolute Gasteiger partial charge is 0.324 e. The molecule has 0 aliphatic carbocycles. The van der Waals surface area contributed by atoms with Gasteiger partial charge in [0.15, 0.2) is 0 Å². The lowest BCUT2D eigenvalue weighted by Crippen LogP contribution is -2.53. The topological polar surface area (TPSA) is 56.1 Å². The third kappa shape index (κ3) is 2.83. The van der Waals surface area contributed by atoms with Crippen LogP contribution < -0.4 is 5.32 Å². The van der Waals surface area contributed by atoms with E-state index in [1.54, 1.807) is 4.90 Å². The molecule has 1 aliphatic heterocycles. The Bertz CT molecular complexity index is 424. The van der Waals surface area contributed by atoms with E-state index >= 15 is 0 Å². The number of carbonyl (C=O) groups excluding carboxylic acids is 1. The third-order valence-electron chi connectivity index (χ3n) is 2.91. The molecule has 17 heavy (non-hydrogen) atoms. The molecule has 1 N–H and O–H groups in total. The van der Waals surface area contributed by atoms with E-state index < -0.39 is 0 Å². The number of amides is 1. The first kappa shape index (κ1) is 11.6. The molecule has 1 amide bonds. The van der Waals surface area contributed by atoms with Gasteiger partial charge in [-0.15, -0.1) is 0 Å². The molecule has 1 saturated heterocycles. The van der Waals surface area contributed by atoms with Crippen LogP contribution in [0.5, 0.6) is 0 Å². The van der Waals surface area contributed by atoms with Crippen molar-refractivity contribution >= 4 is 5.91 Å². The van der Waals surface area contributed by atoms with Crippen molar-refractivity contribution in [2.45, 2.75) is 12.5 Å². The molecule has 1 heterocycles. The number of benzene rings is 1. The highest BCUT2D eigenvalue weighted by molar-refractivity contribution is 5.79. The van der Waals surface area contributed by atoms with Gasteiger partial charge in [-0.2, -0.15) is 5.26 Å². The summed E-state index contributed by atoms with van der Waals surface area (Å²) in [6.07, 6.45) is 0.374. The van der Waals surface area contributed by atoms with E-state index in [9.17, 15) is 4.79 Å². The number of carbonyl (C=O) groups is 1. The van der Waals surface area contributed by atoms with Gasteiger partial charge in [-0.1, -0.05) is 30.3 Å². The van der Waals surface area contributed by atoms with Crippen LogP contribution in [0, 0.1) is 11.3 Å². The van der Waals surface area contributed by atoms with Crippen molar-refractivity contribution in [3.05, 3.63) is 35.9 Å². The van der Waals surface area contributed by atoms with Gasteiger partial charge in [0.05, 0.1) is 12.5 Å². The highest BCUT2D eigenvalue weighted by atomic mass is 16.2. The molecule has 0 bridgehead atoms. The Hall–Kier alpha value is -1.86. The average Bonchev–Trinajstić information content (AvgIpc) is 2.40. The van der Waals surface area contributed by atoms with E-state index in [1.807, 2.05) is 30.3 Å². The minimum Gasteiger partial charge on any atom is -0.324 e. The summed E-state index contributed by atoms with van der Waals surface area (Å²) < 4.78 is 0. The number of hydrogen-bond donors (Lipinski definition) is 1. The molecule has 0 radical (unpaired) electrons. The number of nitrogens with one attached hydrogen (secondary N) is 1. The van der Waals surface area contributed by atoms with Gasteiger partial charge in [-0.25, -0.2) is 0 Å². The first-order valence-corrected chi connectivity index (χ1v) is 5.75. The Labute approximate surface area is 101 Å². The van der Waals surface area contributed by atoms with Crippen molar-refractivity contribution in [1.29, 1.82) is 5.26 Å². The SMILES string of the molecule is N#CC1CNCCN1C(=O)Cc1ccccc1. The molecule has 4 nitrogen and oxygen atoms in total. The molecule has 1 aromatic rings.